The average Bonchev–Trinajstić information content (AvgIpc) is 3.20. The van der Waals surface area contributed by atoms with Crippen molar-refractivity contribution < 1.29 is 0 Å². The smallest absolute Gasteiger partial charge is 0.136 e. The van der Waals surface area contributed by atoms with Crippen molar-refractivity contribution in [2.24, 2.45) is 5.92 Å². The van der Waals surface area contributed by atoms with Gasteiger partial charge in [-0.2, -0.15) is 0 Å². The highest BCUT2D eigenvalue weighted by Gasteiger charge is 2.30. The fraction of sp³-hybridized carbons (Fsp3) is 0.765. The van der Waals surface area contributed by atoms with E-state index < -0.39 is 0 Å². The number of rotatable bonds is 6. The van der Waals surface area contributed by atoms with E-state index in [2.05, 4.69) is 35.1 Å². The van der Waals surface area contributed by atoms with Gasteiger partial charge in [0, 0.05) is 31.6 Å². The van der Waals surface area contributed by atoms with Crippen LogP contribution in [0.5, 0.6) is 0 Å². The van der Waals surface area contributed by atoms with Crippen LogP contribution in [0.4, 0.5) is 11.6 Å². The van der Waals surface area contributed by atoms with Crippen molar-refractivity contribution in [2.45, 2.75) is 64.3 Å². The minimum absolute atomic E-state index is 0.599. The first-order valence-corrected chi connectivity index (χ1v) is 8.50. The summed E-state index contributed by atoms with van der Waals surface area (Å²) in [5, 5.41) is 3.21. The van der Waals surface area contributed by atoms with Crippen molar-refractivity contribution >= 4 is 11.6 Å². The molecule has 0 unspecified atom stereocenters. The lowest BCUT2D eigenvalue weighted by Gasteiger charge is -2.32. The predicted octanol–water partition coefficient (Wildman–Crippen LogP) is 3.80. The maximum atomic E-state index is 4.92. The van der Waals surface area contributed by atoms with E-state index in [9.17, 15) is 0 Å². The maximum Gasteiger partial charge on any atom is 0.136 e. The van der Waals surface area contributed by atoms with Crippen LogP contribution >= 0.6 is 0 Å². The van der Waals surface area contributed by atoms with E-state index in [0.717, 1.165) is 24.0 Å². The van der Waals surface area contributed by atoms with Crippen LogP contribution in [0.1, 0.15) is 64.1 Å². The van der Waals surface area contributed by atoms with Gasteiger partial charge in [-0.05, 0) is 31.6 Å². The summed E-state index contributed by atoms with van der Waals surface area (Å²) in [6.07, 6.45) is 7.84. The molecule has 1 heterocycles. The molecule has 1 N–H and O–H groups in total. The van der Waals surface area contributed by atoms with Crippen molar-refractivity contribution in [1.29, 1.82) is 0 Å². The Morgan fingerprint density at radius 2 is 1.90 bits per heavy atom. The van der Waals surface area contributed by atoms with Gasteiger partial charge < -0.3 is 10.2 Å². The van der Waals surface area contributed by atoms with E-state index in [1.807, 2.05) is 7.05 Å². The van der Waals surface area contributed by atoms with Crippen molar-refractivity contribution in [1.82, 2.24) is 9.97 Å². The molecule has 4 nitrogen and oxygen atoms in total. The summed E-state index contributed by atoms with van der Waals surface area (Å²) in [6.45, 7) is 5.68. The lowest BCUT2D eigenvalue weighted by atomic mass is 10.1. The molecule has 0 bridgehead atoms. The third kappa shape index (κ3) is 3.47. The van der Waals surface area contributed by atoms with Crippen LogP contribution in [0.2, 0.25) is 0 Å². The van der Waals surface area contributed by atoms with Gasteiger partial charge in [-0.15, -0.1) is 0 Å². The van der Waals surface area contributed by atoms with Crippen LogP contribution in [-0.4, -0.2) is 29.6 Å². The second kappa shape index (κ2) is 6.20. The maximum absolute atomic E-state index is 4.92. The molecule has 116 valence electrons. The van der Waals surface area contributed by atoms with Gasteiger partial charge in [0.1, 0.15) is 17.5 Å². The predicted molar refractivity (Wildman–Crippen MR) is 88.0 cm³/mol. The first-order chi connectivity index (χ1) is 10.2. The summed E-state index contributed by atoms with van der Waals surface area (Å²) >= 11 is 0. The lowest BCUT2D eigenvalue weighted by molar-refractivity contribution is 0.530. The molecule has 1 aromatic heterocycles. The highest BCUT2D eigenvalue weighted by atomic mass is 15.2. The summed E-state index contributed by atoms with van der Waals surface area (Å²) in [7, 11) is 1.95. The number of nitrogens with zero attached hydrogens (tertiary/aromatic N) is 3. The Morgan fingerprint density at radius 3 is 2.48 bits per heavy atom. The molecule has 2 saturated carbocycles. The van der Waals surface area contributed by atoms with E-state index in [-0.39, 0.29) is 0 Å². The summed E-state index contributed by atoms with van der Waals surface area (Å²) in [6, 6.07) is 2.80. The molecule has 2 aliphatic carbocycles. The van der Waals surface area contributed by atoms with E-state index >= 15 is 0 Å². The molecule has 0 radical (unpaired) electrons. The summed E-state index contributed by atoms with van der Waals surface area (Å²) in [5.41, 5.74) is 0. The molecular weight excluding hydrogens is 260 g/mol. The van der Waals surface area contributed by atoms with Crippen molar-refractivity contribution in [3.8, 4) is 0 Å². The van der Waals surface area contributed by atoms with Gasteiger partial charge >= 0.3 is 0 Å². The van der Waals surface area contributed by atoms with Gasteiger partial charge in [-0.3, -0.25) is 0 Å². The highest BCUT2D eigenvalue weighted by molar-refractivity contribution is 5.50. The normalized spacial score (nSPS) is 19.2. The van der Waals surface area contributed by atoms with Gasteiger partial charge in [0.05, 0.1) is 0 Å². The molecule has 2 aliphatic rings. The zero-order valence-corrected chi connectivity index (χ0v) is 13.6. The van der Waals surface area contributed by atoms with E-state index in [1.165, 1.54) is 38.5 Å². The number of aromatic nitrogens is 2. The molecule has 0 saturated heterocycles. The monoisotopic (exact) mass is 288 g/mol. The Morgan fingerprint density at radius 1 is 1.19 bits per heavy atom. The van der Waals surface area contributed by atoms with E-state index in [4.69, 9.17) is 4.98 Å². The summed E-state index contributed by atoms with van der Waals surface area (Å²) in [4.78, 5) is 12.1. The zero-order chi connectivity index (χ0) is 14.8. The SMILES string of the molecule is CNc1cc(N(CC(C)C)C2CCCC2)nc(C2CC2)n1. The number of hydrogen-bond donors (Lipinski definition) is 1. The minimum Gasteiger partial charge on any atom is -0.373 e. The van der Waals surface area contributed by atoms with E-state index in [0.29, 0.717) is 17.9 Å². The molecule has 0 atom stereocenters. The van der Waals surface area contributed by atoms with Gasteiger partial charge in [0.2, 0.25) is 0 Å². The van der Waals surface area contributed by atoms with Crippen molar-refractivity contribution in [3.63, 3.8) is 0 Å². The molecule has 0 aromatic carbocycles. The Hall–Kier alpha value is -1.32. The van der Waals surface area contributed by atoms with Gasteiger partial charge in [-0.1, -0.05) is 26.7 Å². The van der Waals surface area contributed by atoms with Crippen LogP contribution in [-0.2, 0) is 0 Å². The fourth-order valence-corrected chi connectivity index (χ4v) is 3.29. The first-order valence-electron chi connectivity index (χ1n) is 8.50. The average molecular weight is 288 g/mol. The highest BCUT2D eigenvalue weighted by Crippen LogP contribution is 2.39. The van der Waals surface area contributed by atoms with Crippen LogP contribution in [0, 0.1) is 5.92 Å². The second-order valence-corrected chi connectivity index (χ2v) is 6.98. The van der Waals surface area contributed by atoms with Gasteiger partial charge in [0.15, 0.2) is 0 Å². The Balaban J connectivity index is 1.90. The standard InChI is InChI=1S/C17H28N4/c1-12(2)11-21(14-6-4-5-7-14)16-10-15(18-3)19-17(20-16)13-8-9-13/h10,12-14H,4-9,11H2,1-3H3,(H,18,19,20). The quantitative estimate of drug-likeness (QED) is 0.864. The minimum atomic E-state index is 0.599. The Labute approximate surface area is 128 Å². The zero-order valence-electron chi connectivity index (χ0n) is 13.6. The van der Waals surface area contributed by atoms with Gasteiger partial charge in [0.25, 0.3) is 0 Å². The van der Waals surface area contributed by atoms with E-state index in [1.54, 1.807) is 0 Å². The molecule has 2 fully saturated rings. The fourth-order valence-electron chi connectivity index (χ4n) is 3.29. The Kier molecular flexibility index (Phi) is 4.32. The first kappa shape index (κ1) is 14.6. The second-order valence-electron chi connectivity index (χ2n) is 6.98. The summed E-state index contributed by atoms with van der Waals surface area (Å²) in [5.74, 6) is 4.40. The Bertz CT molecular complexity index is 476. The molecule has 21 heavy (non-hydrogen) atoms. The number of nitrogens with one attached hydrogen (secondary N) is 1. The molecule has 1 aromatic rings. The molecule has 4 heteroatoms. The molecule has 0 amide bonds. The van der Waals surface area contributed by atoms with Crippen molar-refractivity contribution in [2.75, 3.05) is 23.8 Å². The number of anilines is 2. The van der Waals surface area contributed by atoms with Crippen LogP contribution in [0.15, 0.2) is 6.07 Å². The third-order valence-corrected chi connectivity index (χ3v) is 4.55. The van der Waals surface area contributed by atoms with Crippen LogP contribution in [0.3, 0.4) is 0 Å². The van der Waals surface area contributed by atoms with Gasteiger partial charge in [-0.25, -0.2) is 9.97 Å². The van der Waals surface area contributed by atoms with Crippen LogP contribution in [0.25, 0.3) is 0 Å². The topological polar surface area (TPSA) is 41.0 Å². The molecule has 0 aliphatic heterocycles. The summed E-state index contributed by atoms with van der Waals surface area (Å²) < 4.78 is 0. The number of hydrogen-bond acceptors (Lipinski definition) is 4. The lowest BCUT2D eigenvalue weighted by Crippen LogP contribution is -2.37. The largest absolute Gasteiger partial charge is 0.373 e. The van der Waals surface area contributed by atoms with Crippen LogP contribution < -0.4 is 10.2 Å². The molecular formula is C17H28N4. The molecule has 3 rings (SSSR count). The third-order valence-electron chi connectivity index (χ3n) is 4.55. The van der Waals surface area contributed by atoms with Crippen molar-refractivity contribution in [3.05, 3.63) is 11.9 Å². The molecule has 0 spiro atoms.